The molecule has 0 unspecified atom stereocenters. The molecule has 2 aromatic carbocycles. The molecule has 0 saturated carbocycles. The third-order valence-electron chi connectivity index (χ3n) is 4.80. The van der Waals surface area contributed by atoms with Crippen LogP contribution in [0.4, 0.5) is 5.69 Å². The first-order valence-corrected chi connectivity index (χ1v) is 9.38. The van der Waals surface area contributed by atoms with Gasteiger partial charge in [-0.1, -0.05) is 35.9 Å². The summed E-state index contributed by atoms with van der Waals surface area (Å²) in [6.45, 7) is 2.23. The summed E-state index contributed by atoms with van der Waals surface area (Å²) in [5, 5.41) is 8.14. The molecule has 1 aliphatic heterocycles. The SMILES string of the molecule is O=C(OCC(=O)N1CCN(c2cccc(Cl)c2)CC1)c1n[nH]c2ccccc12. The van der Waals surface area contributed by atoms with Crippen molar-refractivity contribution in [3.8, 4) is 0 Å². The van der Waals surface area contributed by atoms with Crippen LogP contribution in [0.3, 0.4) is 0 Å². The van der Waals surface area contributed by atoms with Crippen molar-refractivity contribution in [1.82, 2.24) is 15.1 Å². The second-order valence-corrected chi connectivity index (χ2v) is 6.98. The normalized spacial score (nSPS) is 14.3. The standard InChI is InChI=1S/C20H19ClN4O3/c21-14-4-3-5-15(12-14)24-8-10-25(11-9-24)18(26)13-28-20(27)19-16-6-1-2-7-17(16)22-23-19/h1-7,12H,8-11,13H2,(H,22,23). The molecule has 1 aromatic heterocycles. The Hall–Kier alpha value is -3.06. The lowest BCUT2D eigenvalue weighted by Crippen LogP contribution is -2.49. The number of ether oxygens (including phenoxy) is 1. The topological polar surface area (TPSA) is 78.5 Å². The minimum absolute atomic E-state index is 0.189. The van der Waals surface area contributed by atoms with Gasteiger partial charge >= 0.3 is 5.97 Å². The van der Waals surface area contributed by atoms with Gasteiger partial charge in [0.05, 0.1) is 5.52 Å². The van der Waals surface area contributed by atoms with E-state index in [2.05, 4.69) is 15.1 Å². The molecular formula is C20H19ClN4O3. The fourth-order valence-corrected chi connectivity index (χ4v) is 3.48. The number of benzene rings is 2. The highest BCUT2D eigenvalue weighted by atomic mass is 35.5. The second kappa shape index (κ2) is 7.90. The van der Waals surface area contributed by atoms with E-state index in [0.29, 0.717) is 36.6 Å². The van der Waals surface area contributed by atoms with Gasteiger partial charge in [0.1, 0.15) is 0 Å². The van der Waals surface area contributed by atoms with Crippen LogP contribution >= 0.6 is 11.6 Å². The Labute approximate surface area is 166 Å². The smallest absolute Gasteiger partial charge is 0.359 e. The number of nitrogens with one attached hydrogen (secondary N) is 1. The molecule has 1 fully saturated rings. The maximum atomic E-state index is 12.4. The monoisotopic (exact) mass is 398 g/mol. The van der Waals surface area contributed by atoms with Gasteiger partial charge in [0, 0.05) is 42.3 Å². The average Bonchev–Trinajstić information content (AvgIpc) is 3.16. The van der Waals surface area contributed by atoms with Crippen molar-refractivity contribution < 1.29 is 14.3 Å². The van der Waals surface area contributed by atoms with Gasteiger partial charge in [0.25, 0.3) is 5.91 Å². The summed E-state index contributed by atoms with van der Waals surface area (Å²) in [7, 11) is 0. The number of rotatable bonds is 4. The molecule has 1 amide bonds. The number of carbonyl (C=O) groups excluding carboxylic acids is 2. The van der Waals surface area contributed by atoms with E-state index >= 15 is 0 Å². The van der Waals surface area contributed by atoms with Gasteiger partial charge in [0.2, 0.25) is 0 Å². The molecule has 7 nitrogen and oxygen atoms in total. The van der Waals surface area contributed by atoms with Crippen LogP contribution in [0.15, 0.2) is 48.5 Å². The number of esters is 1. The fourth-order valence-electron chi connectivity index (χ4n) is 3.29. The van der Waals surface area contributed by atoms with Gasteiger partial charge in [-0.2, -0.15) is 5.10 Å². The molecule has 144 valence electrons. The third-order valence-corrected chi connectivity index (χ3v) is 5.03. The Kier molecular flexibility index (Phi) is 5.16. The second-order valence-electron chi connectivity index (χ2n) is 6.54. The molecule has 0 aliphatic carbocycles. The van der Waals surface area contributed by atoms with E-state index in [9.17, 15) is 9.59 Å². The summed E-state index contributed by atoms with van der Waals surface area (Å²) in [4.78, 5) is 28.6. The Bertz CT molecular complexity index is 1010. The van der Waals surface area contributed by atoms with Gasteiger partial charge in [-0.15, -0.1) is 0 Å². The number of hydrogen-bond donors (Lipinski definition) is 1. The first-order chi connectivity index (χ1) is 13.6. The number of H-pyrrole nitrogens is 1. The highest BCUT2D eigenvalue weighted by Crippen LogP contribution is 2.21. The van der Waals surface area contributed by atoms with Crippen LogP contribution in [0.5, 0.6) is 0 Å². The number of aromatic amines is 1. The van der Waals surface area contributed by atoms with Crippen LogP contribution in [0.1, 0.15) is 10.5 Å². The van der Waals surface area contributed by atoms with Crippen molar-refractivity contribution in [3.63, 3.8) is 0 Å². The molecule has 2 heterocycles. The number of nitrogens with zero attached hydrogens (tertiary/aromatic N) is 3. The Morgan fingerprint density at radius 3 is 2.64 bits per heavy atom. The zero-order chi connectivity index (χ0) is 19.5. The number of fused-ring (bicyclic) bond motifs is 1. The van der Waals surface area contributed by atoms with Gasteiger partial charge in [-0.25, -0.2) is 4.79 Å². The van der Waals surface area contributed by atoms with Crippen LogP contribution in [0.25, 0.3) is 10.9 Å². The lowest BCUT2D eigenvalue weighted by molar-refractivity contribution is -0.134. The summed E-state index contributed by atoms with van der Waals surface area (Å²) < 4.78 is 5.19. The first kappa shape index (κ1) is 18.3. The maximum absolute atomic E-state index is 12.4. The summed E-state index contributed by atoms with van der Waals surface area (Å²) in [5.74, 6) is -0.817. The molecular weight excluding hydrogens is 380 g/mol. The van der Waals surface area contributed by atoms with Crippen LogP contribution in [0, 0.1) is 0 Å². The summed E-state index contributed by atoms with van der Waals surface area (Å²) in [5.41, 5.74) is 1.98. The van der Waals surface area contributed by atoms with Crippen molar-refractivity contribution in [2.45, 2.75) is 0 Å². The minimum Gasteiger partial charge on any atom is -0.451 e. The van der Waals surface area contributed by atoms with Gasteiger partial charge in [0.15, 0.2) is 12.3 Å². The zero-order valence-electron chi connectivity index (χ0n) is 15.1. The van der Waals surface area contributed by atoms with Crippen LogP contribution in [-0.4, -0.2) is 59.8 Å². The van der Waals surface area contributed by atoms with Crippen molar-refractivity contribution >= 4 is 40.1 Å². The molecule has 3 aromatic rings. The lowest BCUT2D eigenvalue weighted by atomic mass is 10.2. The van der Waals surface area contributed by atoms with E-state index in [-0.39, 0.29) is 18.2 Å². The van der Waals surface area contributed by atoms with E-state index < -0.39 is 5.97 Å². The predicted octanol–water partition coefficient (Wildman–Crippen LogP) is 2.72. The van der Waals surface area contributed by atoms with Crippen molar-refractivity contribution in [2.24, 2.45) is 0 Å². The largest absolute Gasteiger partial charge is 0.451 e. The molecule has 1 N–H and O–H groups in total. The Balaban J connectivity index is 1.30. The molecule has 0 atom stereocenters. The van der Waals surface area contributed by atoms with Gasteiger partial charge < -0.3 is 14.5 Å². The molecule has 28 heavy (non-hydrogen) atoms. The van der Waals surface area contributed by atoms with Crippen LogP contribution in [-0.2, 0) is 9.53 Å². The predicted molar refractivity (Wildman–Crippen MR) is 107 cm³/mol. The summed E-state index contributed by atoms with van der Waals surface area (Å²) in [6, 6.07) is 14.9. The van der Waals surface area contributed by atoms with Crippen LogP contribution in [0.2, 0.25) is 5.02 Å². The van der Waals surface area contributed by atoms with E-state index in [1.54, 1.807) is 11.0 Å². The average molecular weight is 399 g/mol. The van der Waals surface area contributed by atoms with E-state index in [1.807, 2.05) is 42.5 Å². The van der Waals surface area contributed by atoms with Gasteiger partial charge in [-0.3, -0.25) is 9.89 Å². The molecule has 0 spiro atoms. The Morgan fingerprint density at radius 2 is 1.86 bits per heavy atom. The van der Waals surface area contributed by atoms with Crippen molar-refractivity contribution in [2.75, 3.05) is 37.7 Å². The van der Waals surface area contributed by atoms with Crippen LogP contribution < -0.4 is 4.90 Å². The van der Waals surface area contributed by atoms with Crippen molar-refractivity contribution in [3.05, 3.63) is 59.2 Å². The Morgan fingerprint density at radius 1 is 1.07 bits per heavy atom. The number of amides is 1. The van der Waals surface area contributed by atoms with E-state index in [0.717, 1.165) is 11.2 Å². The number of aromatic nitrogens is 2. The fraction of sp³-hybridized carbons (Fsp3) is 0.250. The van der Waals surface area contributed by atoms with E-state index in [1.165, 1.54) is 0 Å². The minimum atomic E-state index is -0.608. The third kappa shape index (κ3) is 3.80. The zero-order valence-corrected chi connectivity index (χ0v) is 15.9. The quantitative estimate of drug-likeness (QED) is 0.684. The number of carbonyl (C=O) groups is 2. The number of para-hydroxylation sites is 1. The summed E-state index contributed by atoms with van der Waals surface area (Å²) >= 11 is 6.05. The molecule has 4 rings (SSSR count). The molecule has 0 bridgehead atoms. The number of piperazine rings is 1. The molecule has 1 saturated heterocycles. The maximum Gasteiger partial charge on any atom is 0.359 e. The van der Waals surface area contributed by atoms with Gasteiger partial charge in [-0.05, 0) is 24.3 Å². The summed E-state index contributed by atoms with van der Waals surface area (Å²) in [6.07, 6.45) is 0. The lowest BCUT2D eigenvalue weighted by Gasteiger charge is -2.36. The van der Waals surface area contributed by atoms with E-state index in [4.69, 9.17) is 16.3 Å². The van der Waals surface area contributed by atoms with Crippen molar-refractivity contribution in [1.29, 1.82) is 0 Å². The highest BCUT2D eigenvalue weighted by molar-refractivity contribution is 6.30. The first-order valence-electron chi connectivity index (χ1n) is 9.00. The number of halogens is 1. The highest BCUT2D eigenvalue weighted by Gasteiger charge is 2.23. The number of hydrogen-bond acceptors (Lipinski definition) is 5. The molecule has 1 aliphatic rings. The molecule has 0 radical (unpaired) electrons. The number of anilines is 1. The molecule has 8 heteroatoms.